The molecule has 0 radical (unpaired) electrons. The third kappa shape index (κ3) is 6.73. The van der Waals surface area contributed by atoms with E-state index < -0.39 is 18.1 Å². The highest BCUT2D eigenvalue weighted by molar-refractivity contribution is 5.91. The Kier molecular flexibility index (Phi) is 9.15. The number of nitrogens with two attached hydrogens (primary N) is 1. The molecule has 1 aliphatic heterocycles. The van der Waals surface area contributed by atoms with Gasteiger partial charge in [-0.15, -0.1) is 0 Å². The molecule has 1 heterocycles. The Labute approximate surface area is 229 Å². The number of halogens is 1. The van der Waals surface area contributed by atoms with E-state index in [0.717, 1.165) is 16.7 Å². The number of benzene rings is 3. The van der Waals surface area contributed by atoms with Crippen molar-refractivity contribution in [3.63, 3.8) is 0 Å². The summed E-state index contributed by atoms with van der Waals surface area (Å²) in [6.07, 6.45) is 4.23. The predicted octanol–water partition coefficient (Wildman–Crippen LogP) is 4.90. The lowest BCUT2D eigenvalue weighted by atomic mass is 9.95. The fourth-order valence-electron chi connectivity index (χ4n) is 4.81. The second-order valence-electron chi connectivity index (χ2n) is 10.2. The summed E-state index contributed by atoms with van der Waals surface area (Å²) in [6, 6.07) is 21.5. The zero-order chi connectivity index (χ0) is 27.9. The topological polar surface area (TPSA) is 75.9 Å². The molecule has 0 saturated carbocycles. The maximum Gasteiger partial charge on any atom is 0.246 e. The number of amides is 2. The van der Waals surface area contributed by atoms with Gasteiger partial charge in [0.05, 0.1) is 19.2 Å². The molecule has 204 valence electrons. The summed E-state index contributed by atoms with van der Waals surface area (Å²) < 4.78 is 19.0. The number of methoxy groups -OCH3 is 1. The molecular formula is C32H36FN3O3. The van der Waals surface area contributed by atoms with Crippen molar-refractivity contribution in [2.75, 3.05) is 13.7 Å². The zero-order valence-corrected chi connectivity index (χ0v) is 22.7. The Hall–Kier alpha value is -3.97. The van der Waals surface area contributed by atoms with Gasteiger partial charge >= 0.3 is 0 Å². The second-order valence-corrected chi connectivity index (χ2v) is 10.2. The molecule has 3 aromatic rings. The number of carbonyl (C=O) groups excluding carboxylic acids is 2. The van der Waals surface area contributed by atoms with E-state index in [0.29, 0.717) is 12.2 Å². The van der Waals surface area contributed by atoms with Crippen LogP contribution >= 0.6 is 0 Å². The van der Waals surface area contributed by atoms with Gasteiger partial charge in [0.15, 0.2) is 0 Å². The molecule has 2 amide bonds. The molecule has 0 saturated heterocycles. The van der Waals surface area contributed by atoms with Crippen molar-refractivity contribution in [2.24, 2.45) is 11.7 Å². The van der Waals surface area contributed by atoms with Crippen LogP contribution in [-0.2, 0) is 22.6 Å². The fourth-order valence-corrected chi connectivity index (χ4v) is 4.81. The smallest absolute Gasteiger partial charge is 0.246 e. The van der Waals surface area contributed by atoms with E-state index in [4.69, 9.17) is 10.5 Å². The normalized spacial score (nSPS) is 19.4. The largest absolute Gasteiger partial charge is 0.497 e. The molecule has 0 fully saturated rings. The Morgan fingerprint density at radius 1 is 1.00 bits per heavy atom. The van der Waals surface area contributed by atoms with Gasteiger partial charge in [-0.25, -0.2) is 4.39 Å². The maximum absolute atomic E-state index is 14.5. The van der Waals surface area contributed by atoms with E-state index in [1.807, 2.05) is 80.6 Å². The van der Waals surface area contributed by atoms with E-state index >= 15 is 0 Å². The van der Waals surface area contributed by atoms with Crippen LogP contribution in [0, 0.1) is 11.7 Å². The monoisotopic (exact) mass is 529 g/mol. The van der Waals surface area contributed by atoms with Gasteiger partial charge in [-0.1, -0.05) is 80.6 Å². The summed E-state index contributed by atoms with van der Waals surface area (Å²) >= 11 is 0. The molecule has 7 heteroatoms. The fraction of sp³-hybridized carbons (Fsp3) is 0.312. The lowest BCUT2D eigenvalue weighted by molar-refractivity contribution is -0.148. The highest BCUT2D eigenvalue weighted by Crippen LogP contribution is 2.30. The molecule has 0 aromatic heterocycles. The maximum atomic E-state index is 14.5. The van der Waals surface area contributed by atoms with E-state index in [1.165, 1.54) is 12.1 Å². The highest BCUT2D eigenvalue weighted by Gasteiger charge is 2.38. The quantitative estimate of drug-likeness (QED) is 0.422. The molecule has 39 heavy (non-hydrogen) atoms. The summed E-state index contributed by atoms with van der Waals surface area (Å²) in [5, 5.41) is 0. The van der Waals surface area contributed by atoms with Gasteiger partial charge < -0.3 is 20.3 Å². The molecule has 0 bridgehead atoms. The van der Waals surface area contributed by atoms with Gasteiger partial charge in [-0.2, -0.15) is 0 Å². The molecule has 0 unspecified atom stereocenters. The van der Waals surface area contributed by atoms with Crippen molar-refractivity contribution in [3.8, 4) is 5.75 Å². The van der Waals surface area contributed by atoms with Crippen LogP contribution in [0.2, 0.25) is 0 Å². The molecule has 4 rings (SSSR count). The van der Waals surface area contributed by atoms with Gasteiger partial charge in [0, 0.05) is 19.5 Å². The first-order chi connectivity index (χ1) is 18.8. The van der Waals surface area contributed by atoms with Crippen LogP contribution in [0.4, 0.5) is 4.39 Å². The Balaban J connectivity index is 1.80. The molecule has 3 atom stereocenters. The van der Waals surface area contributed by atoms with Crippen LogP contribution in [0.5, 0.6) is 5.75 Å². The average Bonchev–Trinajstić information content (AvgIpc) is 2.95. The Morgan fingerprint density at radius 2 is 1.67 bits per heavy atom. The summed E-state index contributed by atoms with van der Waals surface area (Å²) in [4.78, 5) is 31.5. The standard InChI is InChI=1S/C32H36FN3O3/c1-22(2)30(34)32(38)35-19-7-10-28(25-13-17-27(39-3)18-14-25)36(21-24-11-15-26(33)16-12-24)31(37)29(35)20-23-8-5-4-6-9-23/h4-18,22,28-30H,19-21,34H2,1-3H3/b10-7-/t28-,29+,30-/m1/s1. The van der Waals surface area contributed by atoms with Crippen molar-refractivity contribution < 1.29 is 18.7 Å². The summed E-state index contributed by atoms with van der Waals surface area (Å²) in [5.41, 5.74) is 8.94. The van der Waals surface area contributed by atoms with Crippen LogP contribution in [0.3, 0.4) is 0 Å². The van der Waals surface area contributed by atoms with Crippen LogP contribution < -0.4 is 10.5 Å². The Bertz CT molecular complexity index is 1280. The van der Waals surface area contributed by atoms with Gasteiger partial charge in [0.25, 0.3) is 0 Å². The molecule has 0 aliphatic carbocycles. The van der Waals surface area contributed by atoms with Crippen molar-refractivity contribution >= 4 is 11.8 Å². The summed E-state index contributed by atoms with van der Waals surface area (Å²) in [6.45, 7) is 4.30. The first-order valence-electron chi connectivity index (χ1n) is 13.2. The van der Waals surface area contributed by atoms with Crippen LogP contribution in [0.25, 0.3) is 0 Å². The third-order valence-electron chi connectivity index (χ3n) is 7.18. The van der Waals surface area contributed by atoms with Crippen molar-refractivity contribution in [2.45, 2.75) is 44.9 Å². The number of nitrogens with zero attached hydrogens (tertiary/aromatic N) is 2. The first-order valence-corrected chi connectivity index (χ1v) is 13.2. The lowest BCUT2D eigenvalue weighted by Gasteiger charge is -2.40. The van der Waals surface area contributed by atoms with Gasteiger partial charge in [0.2, 0.25) is 11.8 Å². The van der Waals surface area contributed by atoms with Gasteiger partial charge in [-0.05, 0) is 46.9 Å². The molecule has 6 nitrogen and oxygen atoms in total. The average molecular weight is 530 g/mol. The molecular weight excluding hydrogens is 493 g/mol. The Morgan fingerprint density at radius 3 is 2.28 bits per heavy atom. The summed E-state index contributed by atoms with van der Waals surface area (Å²) in [7, 11) is 1.61. The number of ether oxygens (including phenoxy) is 1. The van der Waals surface area contributed by atoms with E-state index in [1.54, 1.807) is 29.0 Å². The van der Waals surface area contributed by atoms with Crippen LogP contribution in [0.1, 0.15) is 36.6 Å². The minimum absolute atomic E-state index is 0.0817. The van der Waals surface area contributed by atoms with E-state index in [2.05, 4.69) is 0 Å². The molecule has 1 aliphatic rings. The number of rotatable bonds is 8. The third-order valence-corrected chi connectivity index (χ3v) is 7.18. The number of carbonyl (C=O) groups is 2. The minimum atomic E-state index is -0.768. The van der Waals surface area contributed by atoms with Crippen molar-refractivity contribution in [3.05, 3.63) is 114 Å². The van der Waals surface area contributed by atoms with Gasteiger partial charge in [-0.3, -0.25) is 9.59 Å². The minimum Gasteiger partial charge on any atom is -0.497 e. The first kappa shape index (κ1) is 28.0. The number of hydrogen-bond acceptors (Lipinski definition) is 4. The SMILES string of the molecule is COc1ccc([C@H]2/C=C\CN(C(=O)[C@H](N)C(C)C)[C@@H](Cc3ccccc3)C(=O)N2Cc2ccc(F)cc2)cc1. The van der Waals surface area contributed by atoms with E-state index in [9.17, 15) is 14.0 Å². The summed E-state index contributed by atoms with van der Waals surface area (Å²) in [5.74, 6) is -0.162. The van der Waals surface area contributed by atoms with Gasteiger partial charge in [0.1, 0.15) is 17.6 Å². The van der Waals surface area contributed by atoms with Crippen LogP contribution in [0.15, 0.2) is 91.0 Å². The molecule has 2 N–H and O–H groups in total. The van der Waals surface area contributed by atoms with E-state index in [-0.39, 0.29) is 36.6 Å². The van der Waals surface area contributed by atoms with Crippen molar-refractivity contribution in [1.29, 1.82) is 0 Å². The highest BCUT2D eigenvalue weighted by atomic mass is 19.1. The molecule has 0 spiro atoms. The predicted molar refractivity (Wildman–Crippen MR) is 150 cm³/mol. The van der Waals surface area contributed by atoms with Crippen molar-refractivity contribution in [1.82, 2.24) is 9.80 Å². The second kappa shape index (κ2) is 12.7. The number of hydrogen-bond donors (Lipinski definition) is 1. The zero-order valence-electron chi connectivity index (χ0n) is 22.7. The van der Waals surface area contributed by atoms with Crippen LogP contribution in [-0.4, -0.2) is 47.4 Å². The molecule has 3 aromatic carbocycles. The lowest BCUT2D eigenvalue weighted by Crippen LogP contribution is -2.57.